The van der Waals surface area contributed by atoms with Crippen LogP contribution in [0.15, 0.2) is 12.1 Å². The third-order valence-electron chi connectivity index (χ3n) is 2.18. The highest BCUT2D eigenvalue weighted by molar-refractivity contribution is 5.91. The second-order valence-corrected chi connectivity index (χ2v) is 3.86. The molecule has 1 aromatic heterocycles. The first-order chi connectivity index (χ1) is 8.15. The molecule has 1 rings (SSSR count). The Kier molecular flexibility index (Phi) is 5.35. The van der Waals surface area contributed by atoms with Crippen molar-refractivity contribution in [3.8, 4) is 0 Å². The Bertz CT molecular complexity index is 351. The SMILES string of the molecule is CN(C)C(=O)c1ccc(NCCCCO)nn1. The van der Waals surface area contributed by atoms with Gasteiger partial charge in [0.1, 0.15) is 5.82 Å². The summed E-state index contributed by atoms with van der Waals surface area (Å²) in [5, 5.41) is 19.4. The fourth-order valence-corrected chi connectivity index (χ4v) is 1.22. The van der Waals surface area contributed by atoms with Gasteiger partial charge in [0.25, 0.3) is 5.91 Å². The van der Waals surface area contributed by atoms with E-state index in [0.29, 0.717) is 11.5 Å². The summed E-state index contributed by atoms with van der Waals surface area (Å²) in [6, 6.07) is 3.37. The molecule has 0 unspecified atom stereocenters. The lowest BCUT2D eigenvalue weighted by molar-refractivity contribution is 0.0821. The van der Waals surface area contributed by atoms with E-state index in [4.69, 9.17) is 5.11 Å². The van der Waals surface area contributed by atoms with E-state index >= 15 is 0 Å². The molecule has 94 valence electrons. The maximum absolute atomic E-state index is 11.5. The van der Waals surface area contributed by atoms with Crippen LogP contribution in [0.5, 0.6) is 0 Å². The van der Waals surface area contributed by atoms with Gasteiger partial charge >= 0.3 is 0 Å². The number of carbonyl (C=O) groups is 1. The van der Waals surface area contributed by atoms with Crippen molar-refractivity contribution in [1.29, 1.82) is 0 Å². The summed E-state index contributed by atoms with van der Waals surface area (Å²) in [6.45, 7) is 0.930. The van der Waals surface area contributed by atoms with E-state index in [1.807, 2.05) is 0 Å². The minimum atomic E-state index is -0.163. The number of hydrogen-bond donors (Lipinski definition) is 2. The second kappa shape index (κ2) is 6.80. The Morgan fingerprint density at radius 3 is 2.65 bits per heavy atom. The largest absolute Gasteiger partial charge is 0.396 e. The molecule has 17 heavy (non-hydrogen) atoms. The number of aliphatic hydroxyl groups is 1. The first-order valence-electron chi connectivity index (χ1n) is 5.55. The molecule has 0 saturated heterocycles. The van der Waals surface area contributed by atoms with Crippen LogP contribution in [0.4, 0.5) is 5.82 Å². The molecule has 1 aromatic rings. The van der Waals surface area contributed by atoms with Crippen LogP contribution in [0, 0.1) is 0 Å². The monoisotopic (exact) mass is 238 g/mol. The van der Waals surface area contributed by atoms with Crippen LogP contribution in [0.3, 0.4) is 0 Å². The average molecular weight is 238 g/mol. The van der Waals surface area contributed by atoms with Crippen LogP contribution in [-0.2, 0) is 0 Å². The highest BCUT2D eigenvalue weighted by Crippen LogP contribution is 2.03. The second-order valence-electron chi connectivity index (χ2n) is 3.86. The van der Waals surface area contributed by atoms with Crippen molar-refractivity contribution < 1.29 is 9.90 Å². The third kappa shape index (κ3) is 4.36. The maximum atomic E-state index is 11.5. The molecule has 0 aromatic carbocycles. The summed E-state index contributed by atoms with van der Waals surface area (Å²) in [6.07, 6.45) is 1.63. The molecule has 0 saturated carbocycles. The number of aromatic nitrogens is 2. The quantitative estimate of drug-likeness (QED) is 0.700. The fourth-order valence-electron chi connectivity index (χ4n) is 1.22. The van der Waals surface area contributed by atoms with Crippen molar-refractivity contribution in [2.24, 2.45) is 0 Å². The molecule has 6 heteroatoms. The van der Waals surface area contributed by atoms with Crippen LogP contribution in [-0.4, -0.2) is 53.4 Å². The van der Waals surface area contributed by atoms with Gasteiger partial charge in [-0.05, 0) is 25.0 Å². The Balaban J connectivity index is 2.47. The Labute approximate surface area is 101 Å². The van der Waals surface area contributed by atoms with Crippen molar-refractivity contribution in [3.63, 3.8) is 0 Å². The topological polar surface area (TPSA) is 78.4 Å². The van der Waals surface area contributed by atoms with Crippen molar-refractivity contribution in [1.82, 2.24) is 15.1 Å². The predicted octanol–water partition coefficient (Wildman–Crippen LogP) is 0.363. The van der Waals surface area contributed by atoms with Crippen molar-refractivity contribution >= 4 is 11.7 Å². The maximum Gasteiger partial charge on any atom is 0.273 e. The molecule has 0 aliphatic heterocycles. The summed E-state index contributed by atoms with van der Waals surface area (Å²) in [4.78, 5) is 13.0. The van der Waals surface area contributed by atoms with E-state index in [2.05, 4.69) is 15.5 Å². The standard InChI is InChI=1S/C11H18N4O2/c1-15(2)11(17)9-5-6-10(14-13-9)12-7-3-4-8-16/h5-6,16H,3-4,7-8H2,1-2H3,(H,12,14). The van der Waals surface area contributed by atoms with Gasteiger partial charge in [0.15, 0.2) is 5.69 Å². The van der Waals surface area contributed by atoms with Crippen molar-refractivity contribution in [2.75, 3.05) is 32.6 Å². The van der Waals surface area contributed by atoms with Crippen LogP contribution in [0.25, 0.3) is 0 Å². The number of aliphatic hydroxyl groups excluding tert-OH is 1. The number of rotatable bonds is 6. The van der Waals surface area contributed by atoms with E-state index in [-0.39, 0.29) is 12.5 Å². The van der Waals surface area contributed by atoms with Gasteiger partial charge in [-0.1, -0.05) is 0 Å². The lowest BCUT2D eigenvalue weighted by Gasteiger charge is -2.09. The Hall–Kier alpha value is -1.69. The number of amides is 1. The first kappa shape index (κ1) is 13.4. The number of anilines is 1. The van der Waals surface area contributed by atoms with Gasteiger partial charge in [0.2, 0.25) is 0 Å². The molecule has 0 spiro atoms. The van der Waals surface area contributed by atoms with Crippen LogP contribution < -0.4 is 5.32 Å². The third-order valence-corrected chi connectivity index (χ3v) is 2.18. The number of hydrogen-bond acceptors (Lipinski definition) is 5. The van der Waals surface area contributed by atoms with E-state index in [1.165, 1.54) is 4.90 Å². The van der Waals surface area contributed by atoms with Gasteiger partial charge in [-0.3, -0.25) is 4.79 Å². The van der Waals surface area contributed by atoms with Crippen molar-refractivity contribution in [3.05, 3.63) is 17.8 Å². The van der Waals surface area contributed by atoms with E-state index in [9.17, 15) is 4.79 Å². The Morgan fingerprint density at radius 2 is 2.12 bits per heavy atom. The zero-order chi connectivity index (χ0) is 12.7. The van der Waals surface area contributed by atoms with Crippen LogP contribution in [0.2, 0.25) is 0 Å². The number of carbonyl (C=O) groups excluding carboxylic acids is 1. The smallest absolute Gasteiger partial charge is 0.273 e. The van der Waals surface area contributed by atoms with Crippen molar-refractivity contribution in [2.45, 2.75) is 12.8 Å². The molecule has 0 aliphatic carbocycles. The van der Waals surface area contributed by atoms with Gasteiger partial charge in [-0.15, -0.1) is 10.2 Å². The van der Waals surface area contributed by atoms with Gasteiger partial charge < -0.3 is 15.3 Å². The summed E-state index contributed by atoms with van der Waals surface area (Å²) < 4.78 is 0. The van der Waals surface area contributed by atoms with E-state index in [1.54, 1.807) is 26.2 Å². The fraction of sp³-hybridized carbons (Fsp3) is 0.545. The highest BCUT2D eigenvalue weighted by atomic mass is 16.2. The molecule has 1 heterocycles. The van der Waals surface area contributed by atoms with Gasteiger partial charge in [-0.2, -0.15) is 0 Å². The highest BCUT2D eigenvalue weighted by Gasteiger charge is 2.09. The molecule has 2 N–H and O–H groups in total. The van der Waals surface area contributed by atoms with Gasteiger partial charge in [0, 0.05) is 27.2 Å². The summed E-state index contributed by atoms with van der Waals surface area (Å²) >= 11 is 0. The van der Waals surface area contributed by atoms with Crippen LogP contribution in [0.1, 0.15) is 23.3 Å². The lowest BCUT2D eigenvalue weighted by atomic mass is 10.3. The van der Waals surface area contributed by atoms with Crippen LogP contribution >= 0.6 is 0 Å². The lowest BCUT2D eigenvalue weighted by Crippen LogP contribution is -2.23. The molecular weight excluding hydrogens is 220 g/mol. The molecular formula is C11H18N4O2. The molecule has 0 atom stereocenters. The summed E-state index contributed by atoms with van der Waals surface area (Å²) in [5.74, 6) is 0.475. The molecule has 0 bridgehead atoms. The molecule has 1 amide bonds. The normalized spacial score (nSPS) is 10.1. The van der Waals surface area contributed by atoms with Gasteiger partial charge in [-0.25, -0.2) is 0 Å². The zero-order valence-electron chi connectivity index (χ0n) is 10.2. The summed E-state index contributed by atoms with van der Waals surface area (Å²) in [5.41, 5.74) is 0.330. The zero-order valence-corrected chi connectivity index (χ0v) is 10.2. The minimum absolute atomic E-state index is 0.163. The van der Waals surface area contributed by atoms with E-state index in [0.717, 1.165) is 19.4 Å². The van der Waals surface area contributed by atoms with Gasteiger partial charge in [0.05, 0.1) is 0 Å². The molecule has 0 fully saturated rings. The number of nitrogens with one attached hydrogen (secondary N) is 1. The predicted molar refractivity (Wildman–Crippen MR) is 64.9 cm³/mol. The Morgan fingerprint density at radius 1 is 1.35 bits per heavy atom. The molecule has 0 aliphatic rings. The summed E-state index contributed by atoms with van der Waals surface area (Å²) in [7, 11) is 3.34. The number of nitrogens with zero attached hydrogens (tertiary/aromatic N) is 3. The number of unbranched alkanes of at least 4 members (excludes halogenated alkanes) is 1. The molecule has 6 nitrogen and oxygen atoms in total. The minimum Gasteiger partial charge on any atom is -0.396 e. The van der Waals surface area contributed by atoms with E-state index < -0.39 is 0 Å². The first-order valence-corrected chi connectivity index (χ1v) is 5.55. The average Bonchev–Trinajstić information content (AvgIpc) is 2.34. The molecule has 0 radical (unpaired) electrons.